The maximum absolute atomic E-state index is 12.4. The molecule has 0 saturated heterocycles. The van der Waals surface area contributed by atoms with Crippen molar-refractivity contribution in [2.24, 2.45) is 11.7 Å². The van der Waals surface area contributed by atoms with Crippen molar-refractivity contribution in [3.05, 3.63) is 41.7 Å². The molecule has 1 aliphatic rings. The van der Waals surface area contributed by atoms with E-state index in [1.165, 1.54) is 12.1 Å². The van der Waals surface area contributed by atoms with Crippen molar-refractivity contribution < 1.29 is 17.9 Å². The van der Waals surface area contributed by atoms with E-state index < -0.39 is 11.7 Å². The fraction of sp³-hybridized carbons (Fsp3) is 0.429. The molecule has 0 fully saturated rings. The predicted octanol–water partition coefficient (Wildman–Crippen LogP) is 2.88. The number of rotatable bonds is 4. The summed E-state index contributed by atoms with van der Waals surface area (Å²) in [7, 11) is 0. The van der Waals surface area contributed by atoms with Crippen molar-refractivity contribution in [3.63, 3.8) is 0 Å². The van der Waals surface area contributed by atoms with E-state index in [4.69, 9.17) is 10.5 Å². The predicted molar refractivity (Wildman–Crippen MR) is 69.9 cm³/mol. The van der Waals surface area contributed by atoms with Gasteiger partial charge in [-0.3, -0.25) is 0 Å². The molecule has 0 aromatic heterocycles. The Morgan fingerprint density at radius 2 is 2.00 bits per heavy atom. The van der Waals surface area contributed by atoms with Gasteiger partial charge in [-0.1, -0.05) is 0 Å². The minimum absolute atomic E-state index is 0.0966. The summed E-state index contributed by atoms with van der Waals surface area (Å²) < 4.78 is 42.9. The molecule has 2 rings (SSSR count). The molecule has 0 saturated carbocycles. The normalized spacial score (nSPS) is 20.2. The first-order valence-corrected chi connectivity index (χ1v) is 6.39. The lowest BCUT2D eigenvalue weighted by molar-refractivity contribution is -0.137. The minimum atomic E-state index is -4.32. The fourth-order valence-corrected chi connectivity index (χ4v) is 2.20. The largest absolute Gasteiger partial charge is 0.491 e. The van der Waals surface area contributed by atoms with E-state index in [-0.39, 0.29) is 6.10 Å². The van der Waals surface area contributed by atoms with Gasteiger partial charge in [0.2, 0.25) is 0 Å². The number of benzene rings is 1. The summed E-state index contributed by atoms with van der Waals surface area (Å²) in [6.07, 6.45) is -1.72. The Morgan fingerprint density at radius 1 is 1.35 bits per heavy atom. The average molecular weight is 286 g/mol. The second-order valence-electron chi connectivity index (χ2n) is 4.95. The minimum Gasteiger partial charge on any atom is -0.491 e. The Balaban J connectivity index is 1.90. The standard InChI is InChI=1S/C14H17F3N2O/c1-9(6-10-7-13(18)19-8-10)20-12-4-2-11(3-5-12)14(15,16)17/h2-5,7,9-10,19H,6,8,18H2,1H3/t9-,10+/m1/s1. The molecule has 6 heteroatoms. The molecule has 1 heterocycles. The summed E-state index contributed by atoms with van der Waals surface area (Å²) in [6.45, 7) is 2.66. The van der Waals surface area contributed by atoms with Crippen molar-refractivity contribution in [2.75, 3.05) is 6.54 Å². The van der Waals surface area contributed by atoms with E-state index in [2.05, 4.69) is 5.32 Å². The van der Waals surface area contributed by atoms with Crippen molar-refractivity contribution in [3.8, 4) is 5.75 Å². The summed E-state index contributed by atoms with van der Waals surface area (Å²) in [5.41, 5.74) is 4.94. The third-order valence-corrected chi connectivity index (χ3v) is 3.14. The van der Waals surface area contributed by atoms with Crippen LogP contribution in [0, 0.1) is 5.92 Å². The topological polar surface area (TPSA) is 47.3 Å². The van der Waals surface area contributed by atoms with Crippen LogP contribution in [-0.2, 0) is 6.18 Å². The number of hydrogen-bond acceptors (Lipinski definition) is 3. The summed E-state index contributed by atoms with van der Waals surface area (Å²) in [4.78, 5) is 0. The van der Waals surface area contributed by atoms with E-state index in [0.29, 0.717) is 17.5 Å². The van der Waals surface area contributed by atoms with Crippen LogP contribution in [0.25, 0.3) is 0 Å². The molecule has 2 atom stereocenters. The van der Waals surface area contributed by atoms with E-state index in [1.54, 1.807) is 0 Å². The molecule has 3 N–H and O–H groups in total. The number of nitrogens with one attached hydrogen (secondary N) is 1. The summed E-state index contributed by atoms with van der Waals surface area (Å²) in [6, 6.07) is 4.74. The van der Waals surface area contributed by atoms with Gasteiger partial charge >= 0.3 is 6.18 Å². The van der Waals surface area contributed by atoms with Gasteiger partial charge in [-0.05, 0) is 43.7 Å². The molecule has 0 amide bonds. The number of hydrogen-bond donors (Lipinski definition) is 2. The first-order chi connectivity index (χ1) is 9.34. The summed E-state index contributed by atoms with van der Waals surface area (Å²) in [5.74, 6) is 1.39. The van der Waals surface area contributed by atoms with Gasteiger partial charge in [0, 0.05) is 12.5 Å². The molecule has 0 unspecified atom stereocenters. The summed E-state index contributed by atoms with van der Waals surface area (Å²) >= 11 is 0. The SMILES string of the molecule is C[C@H](C[C@H]1C=C(N)NC1)Oc1ccc(C(F)(F)F)cc1. The van der Waals surface area contributed by atoms with E-state index in [0.717, 1.165) is 25.1 Å². The molecular weight excluding hydrogens is 269 g/mol. The molecule has 0 bridgehead atoms. The van der Waals surface area contributed by atoms with Gasteiger partial charge in [-0.25, -0.2) is 0 Å². The molecule has 1 aromatic carbocycles. The van der Waals surface area contributed by atoms with Gasteiger partial charge in [0.1, 0.15) is 5.75 Å². The first-order valence-electron chi connectivity index (χ1n) is 6.39. The van der Waals surface area contributed by atoms with Crippen molar-refractivity contribution >= 4 is 0 Å². The Labute approximate surface area is 115 Å². The first kappa shape index (κ1) is 14.6. The lowest BCUT2D eigenvalue weighted by Crippen LogP contribution is -2.21. The Hall–Kier alpha value is -1.85. The van der Waals surface area contributed by atoms with Gasteiger partial charge in [0.25, 0.3) is 0 Å². The van der Waals surface area contributed by atoms with E-state index in [1.807, 2.05) is 13.0 Å². The highest BCUT2D eigenvalue weighted by atomic mass is 19.4. The number of halogens is 3. The smallest absolute Gasteiger partial charge is 0.416 e. The summed E-state index contributed by atoms with van der Waals surface area (Å²) in [5, 5.41) is 3.02. The molecule has 3 nitrogen and oxygen atoms in total. The van der Waals surface area contributed by atoms with Gasteiger partial charge in [0.05, 0.1) is 17.5 Å². The third kappa shape index (κ3) is 3.82. The van der Waals surface area contributed by atoms with Crippen LogP contribution in [-0.4, -0.2) is 12.6 Å². The van der Waals surface area contributed by atoms with Crippen molar-refractivity contribution in [2.45, 2.75) is 25.6 Å². The Morgan fingerprint density at radius 3 is 2.50 bits per heavy atom. The highest BCUT2D eigenvalue weighted by Crippen LogP contribution is 2.30. The van der Waals surface area contributed by atoms with Gasteiger partial charge in [0.15, 0.2) is 0 Å². The van der Waals surface area contributed by atoms with Crippen LogP contribution < -0.4 is 15.8 Å². The van der Waals surface area contributed by atoms with Crippen LogP contribution >= 0.6 is 0 Å². The maximum Gasteiger partial charge on any atom is 0.416 e. The number of alkyl halides is 3. The maximum atomic E-state index is 12.4. The molecular formula is C14H17F3N2O. The number of ether oxygens (including phenoxy) is 1. The molecule has 1 aromatic rings. The second-order valence-corrected chi connectivity index (χ2v) is 4.95. The van der Waals surface area contributed by atoms with Crippen LogP contribution in [0.4, 0.5) is 13.2 Å². The van der Waals surface area contributed by atoms with Crippen LogP contribution in [0.2, 0.25) is 0 Å². The monoisotopic (exact) mass is 286 g/mol. The average Bonchev–Trinajstić information content (AvgIpc) is 2.74. The fourth-order valence-electron chi connectivity index (χ4n) is 2.20. The van der Waals surface area contributed by atoms with E-state index in [9.17, 15) is 13.2 Å². The Bertz CT molecular complexity index is 482. The van der Waals surface area contributed by atoms with Crippen LogP contribution in [0.1, 0.15) is 18.9 Å². The highest BCUT2D eigenvalue weighted by molar-refractivity contribution is 5.29. The Kier molecular flexibility index (Phi) is 4.11. The van der Waals surface area contributed by atoms with E-state index >= 15 is 0 Å². The quantitative estimate of drug-likeness (QED) is 0.894. The lowest BCUT2D eigenvalue weighted by atomic mass is 10.0. The molecule has 110 valence electrons. The molecule has 0 radical (unpaired) electrons. The lowest BCUT2D eigenvalue weighted by Gasteiger charge is -2.17. The zero-order chi connectivity index (χ0) is 14.8. The van der Waals surface area contributed by atoms with Gasteiger partial charge < -0.3 is 15.8 Å². The second kappa shape index (κ2) is 5.64. The number of nitrogens with two attached hydrogens (primary N) is 1. The van der Waals surface area contributed by atoms with Crippen molar-refractivity contribution in [1.29, 1.82) is 0 Å². The third-order valence-electron chi connectivity index (χ3n) is 3.14. The molecule has 1 aliphatic heterocycles. The van der Waals surface area contributed by atoms with Crippen LogP contribution in [0.15, 0.2) is 36.2 Å². The van der Waals surface area contributed by atoms with Crippen molar-refractivity contribution in [1.82, 2.24) is 5.32 Å². The highest BCUT2D eigenvalue weighted by Gasteiger charge is 2.30. The zero-order valence-electron chi connectivity index (χ0n) is 11.1. The molecule has 20 heavy (non-hydrogen) atoms. The van der Waals surface area contributed by atoms with Gasteiger partial charge in [-0.15, -0.1) is 0 Å². The van der Waals surface area contributed by atoms with Crippen LogP contribution in [0.3, 0.4) is 0 Å². The van der Waals surface area contributed by atoms with Gasteiger partial charge in [-0.2, -0.15) is 13.2 Å². The molecule has 0 aliphatic carbocycles. The molecule has 0 spiro atoms. The zero-order valence-corrected chi connectivity index (χ0v) is 11.1. The van der Waals surface area contributed by atoms with Crippen LogP contribution in [0.5, 0.6) is 5.75 Å².